The number of hydrogen-bond acceptors (Lipinski definition) is 2. The monoisotopic (exact) mass is 282 g/mol. The van der Waals surface area contributed by atoms with Gasteiger partial charge < -0.3 is 4.74 Å². The van der Waals surface area contributed by atoms with Gasteiger partial charge >= 0.3 is 0 Å². The first-order valence-corrected chi connectivity index (χ1v) is 5.78. The zero-order valence-corrected chi connectivity index (χ0v) is 10.7. The van der Waals surface area contributed by atoms with Gasteiger partial charge in [-0.1, -0.05) is 11.6 Å². The van der Waals surface area contributed by atoms with Crippen molar-refractivity contribution in [3.63, 3.8) is 0 Å². The molecule has 0 aliphatic heterocycles. The van der Waals surface area contributed by atoms with E-state index in [1.54, 1.807) is 0 Å². The summed E-state index contributed by atoms with van der Waals surface area (Å²) in [5, 5.41) is -0.0935. The molecule has 0 heterocycles. The summed E-state index contributed by atoms with van der Waals surface area (Å²) in [6.45, 7) is 1.30. The van der Waals surface area contributed by atoms with Gasteiger partial charge in [0, 0.05) is 6.07 Å². The van der Waals surface area contributed by atoms with Crippen LogP contribution >= 0.6 is 11.6 Å². The lowest BCUT2D eigenvalue weighted by atomic mass is 10.1. The molecule has 5 heteroatoms. The molecule has 0 bridgehead atoms. The van der Waals surface area contributed by atoms with Crippen LogP contribution in [-0.2, 0) is 0 Å². The zero-order valence-electron chi connectivity index (χ0n) is 9.91. The van der Waals surface area contributed by atoms with Crippen LogP contribution in [0.1, 0.15) is 17.3 Å². The molecular formula is C14H9ClF2O2. The molecule has 0 atom stereocenters. The van der Waals surface area contributed by atoms with Crippen LogP contribution in [0, 0.1) is 11.6 Å². The Balaban J connectivity index is 2.37. The molecule has 0 aromatic heterocycles. The van der Waals surface area contributed by atoms with Gasteiger partial charge in [0.15, 0.2) is 5.78 Å². The number of carbonyl (C=O) groups excluding carboxylic acids is 1. The second-order valence-corrected chi connectivity index (χ2v) is 4.28. The summed E-state index contributed by atoms with van der Waals surface area (Å²) in [4.78, 5) is 11.4. The van der Waals surface area contributed by atoms with Crippen molar-refractivity contribution in [3.8, 4) is 11.5 Å². The third-order valence-electron chi connectivity index (χ3n) is 2.44. The van der Waals surface area contributed by atoms with Gasteiger partial charge in [-0.2, -0.15) is 0 Å². The molecule has 0 N–H and O–H groups in total. The molecule has 0 spiro atoms. The number of ketones is 1. The van der Waals surface area contributed by atoms with E-state index in [4.69, 9.17) is 16.3 Å². The van der Waals surface area contributed by atoms with Crippen LogP contribution < -0.4 is 4.74 Å². The van der Waals surface area contributed by atoms with E-state index in [0.717, 1.165) is 12.1 Å². The fourth-order valence-corrected chi connectivity index (χ4v) is 1.70. The number of rotatable bonds is 3. The maximum atomic E-state index is 13.1. The number of hydrogen-bond donors (Lipinski definition) is 0. The summed E-state index contributed by atoms with van der Waals surface area (Å²) in [7, 11) is 0. The summed E-state index contributed by atoms with van der Waals surface area (Å²) < 4.78 is 31.5. The van der Waals surface area contributed by atoms with Crippen molar-refractivity contribution in [1.82, 2.24) is 0 Å². The molecule has 2 rings (SSSR count). The van der Waals surface area contributed by atoms with Crippen LogP contribution in [0.2, 0.25) is 5.02 Å². The van der Waals surface area contributed by atoms with Gasteiger partial charge in [0.05, 0.1) is 10.6 Å². The van der Waals surface area contributed by atoms with E-state index < -0.39 is 11.6 Å². The predicted molar refractivity (Wildman–Crippen MR) is 67.9 cm³/mol. The first kappa shape index (κ1) is 13.5. The van der Waals surface area contributed by atoms with Crippen molar-refractivity contribution < 1.29 is 18.3 Å². The second kappa shape index (κ2) is 5.36. The highest BCUT2D eigenvalue weighted by Crippen LogP contribution is 2.29. The van der Waals surface area contributed by atoms with Crippen molar-refractivity contribution in [3.05, 3.63) is 58.6 Å². The van der Waals surface area contributed by atoms with E-state index in [2.05, 4.69) is 0 Å². The van der Waals surface area contributed by atoms with E-state index in [9.17, 15) is 13.6 Å². The average Bonchev–Trinajstić information content (AvgIpc) is 2.36. The third kappa shape index (κ3) is 3.09. The minimum Gasteiger partial charge on any atom is -0.457 e. The molecule has 0 saturated heterocycles. The molecular weight excluding hydrogens is 274 g/mol. The summed E-state index contributed by atoms with van der Waals surface area (Å²) in [5.41, 5.74) is 0.112. The topological polar surface area (TPSA) is 26.3 Å². The fourth-order valence-electron chi connectivity index (χ4n) is 1.53. The Bertz CT molecular complexity index is 641. The molecule has 0 radical (unpaired) electrons. The molecule has 19 heavy (non-hydrogen) atoms. The number of halogens is 3. The first-order valence-electron chi connectivity index (χ1n) is 5.41. The molecule has 0 saturated carbocycles. The smallest absolute Gasteiger partial charge is 0.163 e. The first-order chi connectivity index (χ1) is 8.97. The molecule has 0 fully saturated rings. The molecule has 2 aromatic carbocycles. The van der Waals surface area contributed by atoms with E-state index >= 15 is 0 Å². The number of ether oxygens (including phenoxy) is 1. The van der Waals surface area contributed by atoms with Gasteiger partial charge in [-0.3, -0.25) is 4.79 Å². The van der Waals surface area contributed by atoms with Gasteiger partial charge in [0.25, 0.3) is 0 Å². The molecule has 98 valence electrons. The molecule has 0 aliphatic rings. The lowest BCUT2D eigenvalue weighted by molar-refractivity contribution is 0.101. The quantitative estimate of drug-likeness (QED) is 0.768. The summed E-state index contributed by atoms with van der Waals surface area (Å²) >= 11 is 5.63. The Labute approximate surface area is 113 Å². The van der Waals surface area contributed by atoms with Gasteiger partial charge in [0.2, 0.25) is 0 Å². The van der Waals surface area contributed by atoms with Crippen molar-refractivity contribution in [2.45, 2.75) is 6.92 Å². The van der Waals surface area contributed by atoms with E-state index in [1.165, 1.54) is 31.2 Å². The predicted octanol–water partition coefficient (Wildman–Crippen LogP) is 4.61. The van der Waals surface area contributed by atoms with E-state index in [0.29, 0.717) is 0 Å². The minimum atomic E-state index is -0.570. The molecule has 0 unspecified atom stereocenters. The number of benzene rings is 2. The normalized spacial score (nSPS) is 10.3. The second-order valence-electron chi connectivity index (χ2n) is 3.87. The minimum absolute atomic E-state index is 0.0935. The Hall–Kier alpha value is -1.94. The van der Waals surface area contributed by atoms with Crippen molar-refractivity contribution in [2.75, 3.05) is 0 Å². The molecule has 2 aromatic rings. The highest BCUT2D eigenvalue weighted by molar-refractivity contribution is 6.30. The highest BCUT2D eigenvalue weighted by Gasteiger charge is 2.11. The van der Waals surface area contributed by atoms with Gasteiger partial charge in [-0.05, 0) is 37.3 Å². The van der Waals surface area contributed by atoms with Crippen molar-refractivity contribution in [1.29, 1.82) is 0 Å². The van der Waals surface area contributed by atoms with Crippen LogP contribution in [0.4, 0.5) is 8.78 Å². The maximum absolute atomic E-state index is 13.1. The van der Waals surface area contributed by atoms with Crippen LogP contribution in [-0.4, -0.2) is 5.78 Å². The zero-order chi connectivity index (χ0) is 14.0. The number of Topliss-reactive ketones (excluding diaryl/α,β-unsaturated/α-hetero) is 1. The highest BCUT2D eigenvalue weighted by atomic mass is 35.5. The summed E-state index contributed by atoms with van der Waals surface area (Å²) in [5.74, 6) is -0.977. The molecule has 2 nitrogen and oxygen atoms in total. The third-order valence-corrected chi connectivity index (χ3v) is 2.73. The van der Waals surface area contributed by atoms with Crippen molar-refractivity contribution in [2.24, 2.45) is 0 Å². The number of carbonyl (C=O) groups is 1. The lowest BCUT2D eigenvalue weighted by Gasteiger charge is -2.10. The standard InChI is InChI=1S/C14H9ClF2O2/c1-8(18)11-6-9(16)2-5-14(11)19-10-3-4-13(17)12(15)7-10/h2-7H,1H3. The Kier molecular flexibility index (Phi) is 3.81. The largest absolute Gasteiger partial charge is 0.457 e. The van der Waals surface area contributed by atoms with Crippen LogP contribution in [0.25, 0.3) is 0 Å². The average molecular weight is 283 g/mol. The fraction of sp³-hybridized carbons (Fsp3) is 0.0714. The van der Waals surface area contributed by atoms with Crippen LogP contribution in [0.5, 0.6) is 11.5 Å². The van der Waals surface area contributed by atoms with Gasteiger partial charge in [-0.15, -0.1) is 0 Å². The van der Waals surface area contributed by atoms with E-state index in [1.807, 2.05) is 0 Å². The van der Waals surface area contributed by atoms with Gasteiger partial charge in [-0.25, -0.2) is 8.78 Å². The van der Waals surface area contributed by atoms with E-state index in [-0.39, 0.29) is 27.9 Å². The molecule has 0 amide bonds. The molecule has 0 aliphatic carbocycles. The van der Waals surface area contributed by atoms with Gasteiger partial charge in [0.1, 0.15) is 23.1 Å². The summed E-state index contributed by atoms with van der Waals surface area (Å²) in [6.07, 6.45) is 0. The Morgan fingerprint density at radius 3 is 2.53 bits per heavy atom. The Morgan fingerprint density at radius 2 is 1.89 bits per heavy atom. The van der Waals surface area contributed by atoms with Crippen LogP contribution in [0.15, 0.2) is 36.4 Å². The maximum Gasteiger partial charge on any atom is 0.163 e. The Morgan fingerprint density at radius 1 is 1.16 bits per heavy atom. The van der Waals surface area contributed by atoms with Crippen LogP contribution in [0.3, 0.4) is 0 Å². The summed E-state index contributed by atoms with van der Waals surface area (Å²) in [6, 6.07) is 7.40. The lowest BCUT2D eigenvalue weighted by Crippen LogP contribution is -1.98. The SMILES string of the molecule is CC(=O)c1cc(F)ccc1Oc1ccc(F)c(Cl)c1. The van der Waals surface area contributed by atoms with Crippen molar-refractivity contribution >= 4 is 17.4 Å².